The van der Waals surface area contributed by atoms with E-state index in [2.05, 4.69) is 23.1 Å². The summed E-state index contributed by atoms with van der Waals surface area (Å²) in [7, 11) is 1.70. The Balaban J connectivity index is 2.13. The van der Waals surface area contributed by atoms with Crippen LogP contribution in [-0.2, 0) is 13.1 Å². The monoisotopic (exact) mass is 299 g/mol. The first-order chi connectivity index (χ1) is 10.7. The number of nitrogens with zero attached hydrogens (tertiary/aromatic N) is 1. The van der Waals surface area contributed by atoms with Gasteiger partial charge >= 0.3 is 0 Å². The van der Waals surface area contributed by atoms with Gasteiger partial charge in [0.1, 0.15) is 5.75 Å². The van der Waals surface area contributed by atoms with Crippen molar-refractivity contribution >= 4 is 0 Å². The van der Waals surface area contributed by atoms with Crippen molar-refractivity contribution in [1.82, 2.24) is 4.90 Å². The standard InChI is InChI=1S/C19H25NO2/c1-3-18(21)15-20(13-16-9-5-4-6-10-16)14-17-11-7-8-12-19(17)22-2/h4-12,18,21H,3,13-15H2,1-2H3/t18-/m0/s1. The lowest BCUT2D eigenvalue weighted by atomic mass is 10.1. The normalized spacial score (nSPS) is 12.4. The molecule has 22 heavy (non-hydrogen) atoms. The Bertz CT molecular complexity index is 556. The van der Waals surface area contributed by atoms with Gasteiger partial charge in [-0.2, -0.15) is 0 Å². The minimum Gasteiger partial charge on any atom is -0.496 e. The molecule has 0 unspecified atom stereocenters. The van der Waals surface area contributed by atoms with Crippen LogP contribution in [0.3, 0.4) is 0 Å². The van der Waals surface area contributed by atoms with Crippen molar-refractivity contribution < 1.29 is 9.84 Å². The Hall–Kier alpha value is -1.84. The number of aliphatic hydroxyl groups excluding tert-OH is 1. The highest BCUT2D eigenvalue weighted by molar-refractivity contribution is 5.33. The first-order valence-corrected chi connectivity index (χ1v) is 7.79. The molecule has 2 aromatic carbocycles. The SMILES string of the molecule is CC[C@H](O)CN(Cc1ccccc1)Cc1ccccc1OC. The fourth-order valence-electron chi connectivity index (χ4n) is 2.53. The maximum atomic E-state index is 10.0. The lowest BCUT2D eigenvalue weighted by molar-refractivity contribution is 0.101. The van der Waals surface area contributed by atoms with Crippen molar-refractivity contribution in [3.8, 4) is 5.75 Å². The zero-order valence-corrected chi connectivity index (χ0v) is 13.4. The van der Waals surface area contributed by atoms with E-state index >= 15 is 0 Å². The molecule has 0 aromatic heterocycles. The summed E-state index contributed by atoms with van der Waals surface area (Å²) < 4.78 is 5.44. The summed E-state index contributed by atoms with van der Waals surface area (Å²) in [4.78, 5) is 2.27. The Labute approximate surface area is 133 Å². The molecule has 3 heteroatoms. The summed E-state index contributed by atoms with van der Waals surface area (Å²) in [5, 5.41) is 10.0. The Kier molecular flexibility index (Phi) is 6.44. The molecule has 1 atom stereocenters. The molecule has 3 nitrogen and oxygen atoms in total. The Morgan fingerprint density at radius 1 is 1.00 bits per heavy atom. The molecular formula is C19H25NO2. The van der Waals surface area contributed by atoms with Gasteiger partial charge in [-0.25, -0.2) is 0 Å². The summed E-state index contributed by atoms with van der Waals surface area (Å²) in [5.74, 6) is 0.895. The average molecular weight is 299 g/mol. The van der Waals surface area contributed by atoms with Gasteiger partial charge in [-0.05, 0) is 18.1 Å². The second-order valence-corrected chi connectivity index (χ2v) is 5.53. The van der Waals surface area contributed by atoms with Crippen LogP contribution in [0.25, 0.3) is 0 Å². The smallest absolute Gasteiger partial charge is 0.123 e. The fourth-order valence-corrected chi connectivity index (χ4v) is 2.53. The number of ether oxygens (including phenoxy) is 1. The number of aliphatic hydroxyl groups is 1. The van der Waals surface area contributed by atoms with Gasteiger partial charge in [0.25, 0.3) is 0 Å². The summed E-state index contributed by atoms with van der Waals surface area (Å²) in [6, 6.07) is 18.4. The fraction of sp³-hybridized carbons (Fsp3) is 0.368. The molecule has 0 aliphatic carbocycles. The third-order valence-corrected chi connectivity index (χ3v) is 3.78. The summed E-state index contributed by atoms with van der Waals surface area (Å²) in [6.07, 6.45) is 0.454. The number of benzene rings is 2. The van der Waals surface area contributed by atoms with E-state index in [9.17, 15) is 5.11 Å². The number of rotatable bonds is 8. The van der Waals surface area contributed by atoms with E-state index in [1.54, 1.807) is 7.11 Å². The third kappa shape index (κ3) is 4.86. The number of methoxy groups -OCH3 is 1. The molecule has 0 radical (unpaired) electrons. The van der Waals surface area contributed by atoms with Crippen molar-refractivity contribution in [2.75, 3.05) is 13.7 Å². The van der Waals surface area contributed by atoms with Gasteiger partial charge in [0.05, 0.1) is 13.2 Å². The van der Waals surface area contributed by atoms with Crippen molar-refractivity contribution in [2.45, 2.75) is 32.5 Å². The minimum atomic E-state index is -0.307. The topological polar surface area (TPSA) is 32.7 Å². The molecule has 2 aromatic rings. The number of para-hydroxylation sites is 1. The second kappa shape index (κ2) is 8.57. The van der Waals surface area contributed by atoms with Crippen LogP contribution in [0.15, 0.2) is 54.6 Å². The van der Waals surface area contributed by atoms with Gasteiger partial charge < -0.3 is 9.84 Å². The maximum absolute atomic E-state index is 10.0. The first kappa shape index (κ1) is 16.5. The van der Waals surface area contributed by atoms with E-state index in [0.717, 1.165) is 30.8 Å². The molecule has 0 aliphatic heterocycles. The zero-order valence-electron chi connectivity index (χ0n) is 13.4. The molecule has 0 heterocycles. The molecule has 1 N–H and O–H groups in total. The Morgan fingerprint density at radius 3 is 2.36 bits per heavy atom. The molecule has 0 saturated heterocycles. The molecule has 118 valence electrons. The largest absolute Gasteiger partial charge is 0.496 e. The van der Waals surface area contributed by atoms with E-state index < -0.39 is 0 Å². The lowest BCUT2D eigenvalue weighted by Gasteiger charge is -2.25. The van der Waals surface area contributed by atoms with Gasteiger partial charge in [0.2, 0.25) is 0 Å². The second-order valence-electron chi connectivity index (χ2n) is 5.53. The van der Waals surface area contributed by atoms with Crippen molar-refractivity contribution in [3.05, 3.63) is 65.7 Å². The van der Waals surface area contributed by atoms with Crippen LogP contribution in [0.1, 0.15) is 24.5 Å². The van der Waals surface area contributed by atoms with Gasteiger partial charge in [-0.1, -0.05) is 55.5 Å². The predicted molar refractivity (Wildman–Crippen MR) is 89.8 cm³/mol. The summed E-state index contributed by atoms with van der Waals surface area (Å²) >= 11 is 0. The van der Waals surface area contributed by atoms with Crippen LogP contribution in [0.2, 0.25) is 0 Å². The molecule has 0 saturated carbocycles. The minimum absolute atomic E-state index is 0.307. The van der Waals surface area contributed by atoms with Gasteiger partial charge in [-0.15, -0.1) is 0 Å². The van der Waals surface area contributed by atoms with Crippen LogP contribution in [0, 0.1) is 0 Å². The lowest BCUT2D eigenvalue weighted by Crippen LogP contribution is -2.31. The van der Waals surface area contributed by atoms with Crippen molar-refractivity contribution in [3.63, 3.8) is 0 Å². The first-order valence-electron chi connectivity index (χ1n) is 7.79. The van der Waals surface area contributed by atoms with E-state index in [0.29, 0.717) is 6.54 Å². The van der Waals surface area contributed by atoms with Crippen LogP contribution in [0.5, 0.6) is 5.75 Å². The number of hydrogen-bond donors (Lipinski definition) is 1. The molecule has 2 rings (SSSR count). The summed E-state index contributed by atoms with van der Waals surface area (Å²) in [6.45, 7) is 4.24. The molecular weight excluding hydrogens is 274 g/mol. The Morgan fingerprint density at radius 2 is 1.68 bits per heavy atom. The number of hydrogen-bond acceptors (Lipinski definition) is 3. The molecule has 0 amide bonds. The molecule has 0 bridgehead atoms. The molecule has 0 fully saturated rings. The van der Waals surface area contributed by atoms with Gasteiger partial charge in [-0.3, -0.25) is 4.90 Å². The average Bonchev–Trinajstić information content (AvgIpc) is 2.56. The van der Waals surface area contributed by atoms with Crippen LogP contribution < -0.4 is 4.74 Å². The summed E-state index contributed by atoms with van der Waals surface area (Å²) in [5.41, 5.74) is 2.39. The van der Waals surface area contributed by atoms with E-state index in [-0.39, 0.29) is 6.10 Å². The predicted octanol–water partition coefficient (Wildman–Crippen LogP) is 3.47. The zero-order chi connectivity index (χ0) is 15.8. The highest BCUT2D eigenvalue weighted by Gasteiger charge is 2.13. The molecule has 0 spiro atoms. The van der Waals surface area contributed by atoms with E-state index in [1.165, 1.54) is 5.56 Å². The quantitative estimate of drug-likeness (QED) is 0.810. The van der Waals surface area contributed by atoms with Crippen molar-refractivity contribution in [1.29, 1.82) is 0 Å². The highest BCUT2D eigenvalue weighted by Crippen LogP contribution is 2.20. The van der Waals surface area contributed by atoms with Crippen LogP contribution in [-0.4, -0.2) is 29.8 Å². The van der Waals surface area contributed by atoms with E-state index in [4.69, 9.17) is 4.74 Å². The maximum Gasteiger partial charge on any atom is 0.123 e. The highest BCUT2D eigenvalue weighted by atomic mass is 16.5. The van der Waals surface area contributed by atoms with E-state index in [1.807, 2.05) is 43.3 Å². The van der Waals surface area contributed by atoms with Crippen LogP contribution in [0.4, 0.5) is 0 Å². The van der Waals surface area contributed by atoms with Gasteiger partial charge in [0, 0.05) is 25.2 Å². The third-order valence-electron chi connectivity index (χ3n) is 3.78. The van der Waals surface area contributed by atoms with Crippen molar-refractivity contribution in [2.24, 2.45) is 0 Å². The van der Waals surface area contributed by atoms with Crippen LogP contribution >= 0.6 is 0 Å². The molecule has 0 aliphatic rings. The van der Waals surface area contributed by atoms with Gasteiger partial charge in [0.15, 0.2) is 0 Å².